The van der Waals surface area contributed by atoms with Crippen molar-refractivity contribution in [3.05, 3.63) is 0 Å². The zero-order chi connectivity index (χ0) is 16.1. The lowest BCUT2D eigenvalue weighted by Gasteiger charge is -2.37. The molecule has 0 aromatic carbocycles. The summed E-state index contributed by atoms with van der Waals surface area (Å²) in [6.07, 6.45) is 0. The van der Waals surface area contributed by atoms with E-state index in [1.165, 1.54) is 0 Å². The molecule has 1 unspecified atom stereocenters. The van der Waals surface area contributed by atoms with Gasteiger partial charge in [0.25, 0.3) is 0 Å². The fourth-order valence-corrected chi connectivity index (χ4v) is 2.04. The Kier molecular flexibility index (Phi) is 7.83. The molecular formula is C10H17N2O9+. The van der Waals surface area contributed by atoms with Crippen molar-refractivity contribution >= 4 is 29.7 Å². The molecule has 0 aromatic heterocycles. The van der Waals surface area contributed by atoms with E-state index in [4.69, 9.17) is 20.4 Å². The van der Waals surface area contributed by atoms with Gasteiger partial charge in [-0.1, -0.05) is 0 Å². The average molecular weight is 309 g/mol. The van der Waals surface area contributed by atoms with Crippen LogP contribution >= 0.6 is 0 Å². The molecule has 11 heteroatoms. The molecule has 1 atom stereocenters. The fourth-order valence-electron chi connectivity index (χ4n) is 2.04. The van der Waals surface area contributed by atoms with Gasteiger partial charge in [0.15, 0.2) is 25.4 Å². The first kappa shape index (κ1) is 20.8. The first-order valence-electron chi connectivity index (χ1n) is 5.26. The summed E-state index contributed by atoms with van der Waals surface area (Å²) in [7, 11) is 0. The number of Topliss-reactive ketones (excluding diaryl/α,β-unsaturated/α-hetero) is 1. The van der Waals surface area contributed by atoms with Crippen LogP contribution in [-0.4, -0.2) is 80.2 Å². The van der Waals surface area contributed by atoms with Crippen LogP contribution in [0.4, 0.5) is 0 Å². The Hall–Kier alpha value is -2.53. The molecule has 120 valence electrons. The van der Waals surface area contributed by atoms with E-state index in [1.54, 1.807) is 0 Å². The normalized spacial score (nSPS) is 11.9. The Morgan fingerprint density at radius 3 is 1.24 bits per heavy atom. The van der Waals surface area contributed by atoms with Crippen molar-refractivity contribution in [1.29, 1.82) is 0 Å². The van der Waals surface area contributed by atoms with Gasteiger partial charge in [0, 0.05) is 6.92 Å². The molecular weight excluding hydrogens is 292 g/mol. The lowest BCUT2D eigenvalue weighted by atomic mass is 10.1. The Morgan fingerprint density at radius 2 is 1.10 bits per heavy atom. The highest BCUT2D eigenvalue weighted by Gasteiger charge is 2.49. The third kappa shape index (κ3) is 5.97. The van der Waals surface area contributed by atoms with Gasteiger partial charge in [-0.05, 0) is 0 Å². The van der Waals surface area contributed by atoms with Gasteiger partial charge in [-0.15, -0.1) is 0 Å². The zero-order valence-electron chi connectivity index (χ0n) is 11.2. The SMILES string of the molecule is CC(=O)C(C(=O)O)[N+](CC(=O)O)(CC(=O)O)CC(=O)O.N. The number of hydrogen-bond acceptors (Lipinski definition) is 6. The Bertz CT molecular complexity index is 405. The number of quaternary nitrogens is 1. The number of rotatable bonds is 9. The molecule has 0 aliphatic carbocycles. The maximum absolute atomic E-state index is 11.4. The van der Waals surface area contributed by atoms with Crippen LogP contribution in [0.15, 0.2) is 0 Å². The Balaban J connectivity index is 0. The molecule has 0 heterocycles. The number of carboxylic acids is 4. The summed E-state index contributed by atoms with van der Waals surface area (Å²) in [6.45, 7) is -2.52. The van der Waals surface area contributed by atoms with Crippen molar-refractivity contribution in [2.24, 2.45) is 0 Å². The van der Waals surface area contributed by atoms with Crippen LogP contribution in [0.1, 0.15) is 6.92 Å². The molecule has 0 aliphatic rings. The van der Waals surface area contributed by atoms with Crippen LogP contribution in [0.5, 0.6) is 0 Å². The smallest absolute Gasteiger partial charge is 0.370 e. The minimum absolute atomic E-state index is 0. The van der Waals surface area contributed by atoms with E-state index in [0.29, 0.717) is 0 Å². The van der Waals surface area contributed by atoms with Gasteiger partial charge in [0.2, 0.25) is 6.04 Å². The van der Waals surface area contributed by atoms with Crippen LogP contribution < -0.4 is 6.15 Å². The number of carbonyl (C=O) groups excluding carboxylic acids is 1. The fraction of sp³-hybridized carbons (Fsp3) is 0.500. The van der Waals surface area contributed by atoms with Crippen molar-refractivity contribution in [2.45, 2.75) is 13.0 Å². The van der Waals surface area contributed by atoms with Crippen molar-refractivity contribution in [1.82, 2.24) is 6.15 Å². The topological polar surface area (TPSA) is 201 Å². The third-order valence-corrected chi connectivity index (χ3v) is 2.52. The van der Waals surface area contributed by atoms with Gasteiger partial charge in [0.1, 0.15) is 0 Å². The number of nitrogens with zero attached hydrogens (tertiary/aromatic N) is 1. The Morgan fingerprint density at radius 1 is 0.810 bits per heavy atom. The number of ketones is 1. The second-order valence-electron chi connectivity index (χ2n) is 4.23. The zero-order valence-corrected chi connectivity index (χ0v) is 11.2. The van der Waals surface area contributed by atoms with E-state index in [9.17, 15) is 24.0 Å². The number of aliphatic carboxylic acids is 4. The van der Waals surface area contributed by atoms with Gasteiger partial charge < -0.3 is 26.6 Å². The van der Waals surface area contributed by atoms with E-state index in [2.05, 4.69) is 0 Å². The van der Waals surface area contributed by atoms with Gasteiger partial charge in [0.05, 0.1) is 0 Å². The predicted octanol–water partition coefficient (Wildman–Crippen LogP) is -1.74. The molecule has 0 rings (SSSR count). The van der Waals surface area contributed by atoms with Crippen LogP contribution in [0, 0.1) is 0 Å². The van der Waals surface area contributed by atoms with E-state index in [0.717, 1.165) is 6.92 Å². The second-order valence-corrected chi connectivity index (χ2v) is 4.23. The summed E-state index contributed by atoms with van der Waals surface area (Å²) in [5.74, 6) is -7.64. The molecule has 0 amide bonds. The summed E-state index contributed by atoms with van der Waals surface area (Å²) in [5, 5.41) is 35.3. The second kappa shape index (κ2) is 7.91. The summed E-state index contributed by atoms with van der Waals surface area (Å²) in [4.78, 5) is 55.0. The minimum Gasteiger partial charge on any atom is -0.477 e. The number of carbonyl (C=O) groups is 5. The maximum Gasteiger partial charge on any atom is 0.370 e. The molecule has 0 saturated carbocycles. The predicted molar refractivity (Wildman–Crippen MR) is 64.9 cm³/mol. The van der Waals surface area contributed by atoms with E-state index in [-0.39, 0.29) is 6.15 Å². The highest BCUT2D eigenvalue weighted by atomic mass is 16.4. The maximum atomic E-state index is 11.4. The minimum atomic E-state index is -2.08. The number of carboxylic acid groups (broad SMARTS) is 4. The first-order valence-corrected chi connectivity index (χ1v) is 5.26. The van der Waals surface area contributed by atoms with Crippen molar-refractivity contribution in [2.75, 3.05) is 19.6 Å². The first-order chi connectivity index (χ1) is 9.01. The molecule has 11 nitrogen and oxygen atoms in total. The van der Waals surface area contributed by atoms with Crippen LogP contribution in [0.3, 0.4) is 0 Å². The van der Waals surface area contributed by atoms with Gasteiger partial charge >= 0.3 is 23.9 Å². The Labute approximate surface area is 118 Å². The summed E-state index contributed by atoms with van der Waals surface area (Å²) >= 11 is 0. The number of hydrogen-bond donors (Lipinski definition) is 5. The summed E-state index contributed by atoms with van der Waals surface area (Å²) in [6, 6.07) is -2.08. The molecule has 0 saturated heterocycles. The lowest BCUT2D eigenvalue weighted by molar-refractivity contribution is -0.914. The lowest BCUT2D eigenvalue weighted by Crippen LogP contribution is -2.66. The molecule has 0 aromatic rings. The van der Waals surface area contributed by atoms with Gasteiger partial charge in [-0.3, -0.25) is 9.28 Å². The molecule has 0 bridgehead atoms. The molecule has 0 radical (unpaired) electrons. The van der Waals surface area contributed by atoms with Gasteiger partial charge in [-0.2, -0.15) is 0 Å². The average Bonchev–Trinajstić information content (AvgIpc) is 2.10. The third-order valence-electron chi connectivity index (χ3n) is 2.52. The molecule has 7 N–H and O–H groups in total. The van der Waals surface area contributed by atoms with Crippen LogP contribution in [-0.2, 0) is 24.0 Å². The standard InChI is InChI=1S/C10H13NO9.H3N/c1-5(12)9(10(19)20)11(2-6(13)14,3-7(15)16)4-8(17)18;/h9H,2-4H2,1H3,(H3-,13,14,15,16,17,18,19,20);1H3/p+1. The quantitative estimate of drug-likeness (QED) is 0.240. The van der Waals surface area contributed by atoms with Crippen molar-refractivity contribution in [3.63, 3.8) is 0 Å². The molecule has 21 heavy (non-hydrogen) atoms. The molecule has 0 aliphatic heterocycles. The van der Waals surface area contributed by atoms with Crippen LogP contribution in [0.25, 0.3) is 0 Å². The van der Waals surface area contributed by atoms with Gasteiger partial charge in [-0.25, -0.2) is 19.2 Å². The van der Waals surface area contributed by atoms with E-state index in [1.807, 2.05) is 0 Å². The van der Waals surface area contributed by atoms with E-state index >= 15 is 0 Å². The molecule has 0 spiro atoms. The van der Waals surface area contributed by atoms with E-state index < -0.39 is 59.8 Å². The van der Waals surface area contributed by atoms with Crippen molar-refractivity contribution in [3.8, 4) is 0 Å². The van der Waals surface area contributed by atoms with Crippen molar-refractivity contribution < 1.29 is 48.9 Å². The monoisotopic (exact) mass is 309 g/mol. The summed E-state index contributed by atoms with van der Waals surface area (Å²) < 4.78 is -1.43. The molecule has 0 fully saturated rings. The highest BCUT2D eigenvalue weighted by Crippen LogP contribution is 2.16. The summed E-state index contributed by atoms with van der Waals surface area (Å²) in [5.41, 5.74) is 0. The largest absolute Gasteiger partial charge is 0.477 e. The highest BCUT2D eigenvalue weighted by molar-refractivity contribution is 6.00. The van der Waals surface area contributed by atoms with Crippen LogP contribution in [0.2, 0.25) is 0 Å².